The number of nitrogens with zero attached hydrogens (tertiary/aromatic N) is 2. The fourth-order valence-corrected chi connectivity index (χ4v) is 1.38. The van der Waals surface area contributed by atoms with Crippen LogP contribution < -0.4 is 4.74 Å². The van der Waals surface area contributed by atoms with E-state index in [1.165, 1.54) is 0 Å². The van der Waals surface area contributed by atoms with E-state index in [-0.39, 0.29) is 5.88 Å². The summed E-state index contributed by atoms with van der Waals surface area (Å²) in [7, 11) is 1.64. The number of hydrogen-bond donors (Lipinski definition) is 0. The zero-order valence-electron chi connectivity index (χ0n) is 9.26. The molecule has 0 fully saturated rings. The maximum absolute atomic E-state index is 5.56. The molecule has 0 N–H and O–H groups in total. The van der Waals surface area contributed by atoms with Crippen molar-refractivity contribution in [1.82, 2.24) is 10.2 Å². The molecule has 2 rings (SSSR count). The van der Waals surface area contributed by atoms with Gasteiger partial charge in [-0.15, -0.1) is 21.8 Å². The van der Waals surface area contributed by atoms with Gasteiger partial charge < -0.3 is 9.15 Å². The van der Waals surface area contributed by atoms with Crippen molar-refractivity contribution in [1.29, 1.82) is 0 Å². The van der Waals surface area contributed by atoms with E-state index in [9.17, 15) is 0 Å². The van der Waals surface area contributed by atoms with Gasteiger partial charge in [0.2, 0.25) is 11.8 Å². The van der Waals surface area contributed by atoms with Crippen molar-refractivity contribution in [2.45, 2.75) is 5.88 Å². The smallest absolute Gasteiger partial charge is 0.240 e. The van der Waals surface area contributed by atoms with Crippen molar-refractivity contribution in [3.63, 3.8) is 0 Å². The van der Waals surface area contributed by atoms with E-state index >= 15 is 0 Å². The van der Waals surface area contributed by atoms with E-state index in [0.29, 0.717) is 11.8 Å². The van der Waals surface area contributed by atoms with Crippen LogP contribution in [-0.2, 0) is 5.88 Å². The zero-order chi connectivity index (χ0) is 12.1. The summed E-state index contributed by atoms with van der Waals surface area (Å²) in [5.74, 6) is 1.91. The maximum Gasteiger partial charge on any atom is 0.240 e. The third kappa shape index (κ3) is 3.07. The van der Waals surface area contributed by atoms with Crippen molar-refractivity contribution in [2.24, 2.45) is 0 Å². The molecule has 0 aliphatic heterocycles. The van der Waals surface area contributed by atoms with Crippen molar-refractivity contribution >= 4 is 23.8 Å². The third-order valence-electron chi connectivity index (χ3n) is 2.13. The highest BCUT2D eigenvalue weighted by Crippen LogP contribution is 2.13. The fourth-order valence-electron chi connectivity index (χ4n) is 1.27. The molecule has 0 saturated carbocycles. The molecule has 0 spiro atoms. The highest BCUT2D eigenvalue weighted by atomic mass is 35.5. The van der Waals surface area contributed by atoms with Gasteiger partial charge in [-0.2, -0.15) is 0 Å². The third-order valence-corrected chi connectivity index (χ3v) is 2.36. The summed E-state index contributed by atoms with van der Waals surface area (Å²) in [4.78, 5) is 0. The van der Waals surface area contributed by atoms with Crippen LogP contribution in [0.1, 0.15) is 17.3 Å². The SMILES string of the molecule is COc1ccc(C=Cc2nnc(CCl)o2)cc1. The van der Waals surface area contributed by atoms with Crippen LogP contribution in [0.4, 0.5) is 0 Å². The average molecular weight is 251 g/mol. The number of rotatable bonds is 4. The predicted molar refractivity (Wildman–Crippen MR) is 65.8 cm³/mol. The van der Waals surface area contributed by atoms with Crippen molar-refractivity contribution in [3.8, 4) is 5.75 Å². The molecule has 0 amide bonds. The van der Waals surface area contributed by atoms with Crippen LogP contribution in [0, 0.1) is 0 Å². The van der Waals surface area contributed by atoms with E-state index in [1.807, 2.05) is 30.3 Å². The first-order chi connectivity index (χ1) is 8.31. The quantitative estimate of drug-likeness (QED) is 0.783. The van der Waals surface area contributed by atoms with Crippen LogP contribution in [0.2, 0.25) is 0 Å². The van der Waals surface area contributed by atoms with E-state index in [1.54, 1.807) is 13.2 Å². The van der Waals surface area contributed by atoms with Crippen LogP contribution in [-0.4, -0.2) is 17.3 Å². The molecule has 2 aromatic rings. The number of methoxy groups -OCH3 is 1. The lowest BCUT2D eigenvalue weighted by molar-refractivity contribution is 0.415. The number of hydrogen-bond acceptors (Lipinski definition) is 4. The van der Waals surface area contributed by atoms with Crippen LogP contribution >= 0.6 is 11.6 Å². The van der Waals surface area contributed by atoms with Crippen molar-refractivity contribution in [3.05, 3.63) is 41.6 Å². The summed E-state index contributed by atoms with van der Waals surface area (Å²) >= 11 is 5.56. The minimum absolute atomic E-state index is 0.226. The van der Waals surface area contributed by atoms with E-state index < -0.39 is 0 Å². The monoisotopic (exact) mass is 250 g/mol. The Balaban J connectivity index is 2.08. The highest BCUT2D eigenvalue weighted by Gasteiger charge is 2.00. The van der Waals surface area contributed by atoms with Gasteiger partial charge in [-0.25, -0.2) is 0 Å². The molecule has 1 aromatic carbocycles. The Labute approximate surface area is 104 Å². The van der Waals surface area contributed by atoms with Crippen molar-refractivity contribution in [2.75, 3.05) is 7.11 Å². The van der Waals surface area contributed by atoms with Gasteiger partial charge in [-0.1, -0.05) is 12.1 Å². The summed E-state index contributed by atoms with van der Waals surface area (Å²) < 4.78 is 10.3. The van der Waals surface area contributed by atoms with Gasteiger partial charge in [-0.3, -0.25) is 0 Å². The number of ether oxygens (including phenoxy) is 1. The molecule has 1 heterocycles. The first-order valence-electron chi connectivity index (χ1n) is 5.02. The molecule has 17 heavy (non-hydrogen) atoms. The second-order valence-corrected chi connectivity index (χ2v) is 3.54. The Bertz CT molecular complexity index is 505. The molecule has 0 bridgehead atoms. The van der Waals surface area contributed by atoms with Crippen LogP contribution in [0.3, 0.4) is 0 Å². The fraction of sp³-hybridized carbons (Fsp3) is 0.167. The molecule has 4 nitrogen and oxygen atoms in total. The second-order valence-electron chi connectivity index (χ2n) is 3.27. The summed E-state index contributed by atoms with van der Waals surface area (Å²) in [6.07, 6.45) is 3.62. The van der Waals surface area contributed by atoms with Gasteiger partial charge in [0.25, 0.3) is 0 Å². The number of alkyl halides is 1. The minimum Gasteiger partial charge on any atom is -0.497 e. The molecule has 5 heteroatoms. The van der Waals surface area contributed by atoms with E-state index in [0.717, 1.165) is 11.3 Å². The predicted octanol–water partition coefficient (Wildman–Crippen LogP) is 2.99. The number of halogens is 1. The molecule has 0 saturated heterocycles. The van der Waals surface area contributed by atoms with Gasteiger partial charge in [0.1, 0.15) is 11.6 Å². The molecular formula is C12H11ClN2O2. The summed E-state index contributed by atoms with van der Waals surface area (Å²) in [6, 6.07) is 7.65. The van der Waals surface area contributed by atoms with Crippen LogP contribution in [0.25, 0.3) is 12.2 Å². The molecule has 0 radical (unpaired) electrons. The average Bonchev–Trinajstić information content (AvgIpc) is 2.85. The molecular weight excluding hydrogens is 240 g/mol. The van der Waals surface area contributed by atoms with Gasteiger partial charge in [0.15, 0.2) is 0 Å². The molecule has 1 aromatic heterocycles. The first-order valence-corrected chi connectivity index (χ1v) is 5.56. The number of benzene rings is 1. The Morgan fingerprint density at radius 3 is 2.59 bits per heavy atom. The lowest BCUT2D eigenvalue weighted by Crippen LogP contribution is -1.81. The van der Waals surface area contributed by atoms with E-state index in [2.05, 4.69) is 10.2 Å². The molecule has 0 aliphatic carbocycles. The standard InChI is InChI=1S/C12H11ClN2O2/c1-16-10-5-2-9(3-6-10)4-7-11-14-15-12(8-13)17-11/h2-7H,8H2,1H3. The largest absolute Gasteiger partial charge is 0.497 e. The number of aromatic nitrogens is 2. The van der Waals surface area contributed by atoms with Gasteiger partial charge >= 0.3 is 0 Å². The topological polar surface area (TPSA) is 48.2 Å². The molecule has 0 aliphatic rings. The molecule has 88 valence electrons. The molecule has 0 unspecified atom stereocenters. The lowest BCUT2D eigenvalue weighted by Gasteiger charge is -1.98. The second kappa shape index (κ2) is 5.50. The van der Waals surface area contributed by atoms with Gasteiger partial charge in [0.05, 0.1) is 7.11 Å². The van der Waals surface area contributed by atoms with Crippen molar-refractivity contribution < 1.29 is 9.15 Å². The van der Waals surface area contributed by atoms with Crippen LogP contribution in [0.5, 0.6) is 5.75 Å². The minimum atomic E-state index is 0.226. The Hall–Kier alpha value is -1.81. The summed E-state index contributed by atoms with van der Waals surface area (Å²) in [5, 5.41) is 7.58. The van der Waals surface area contributed by atoms with Gasteiger partial charge in [-0.05, 0) is 23.8 Å². The summed E-state index contributed by atoms with van der Waals surface area (Å²) in [6.45, 7) is 0. The Morgan fingerprint density at radius 2 is 2.00 bits per heavy atom. The first kappa shape index (κ1) is 11.7. The highest BCUT2D eigenvalue weighted by molar-refractivity contribution is 6.16. The van der Waals surface area contributed by atoms with Gasteiger partial charge in [0, 0.05) is 6.08 Å². The maximum atomic E-state index is 5.56. The molecule has 0 atom stereocenters. The lowest BCUT2D eigenvalue weighted by atomic mass is 10.2. The summed E-state index contributed by atoms with van der Waals surface area (Å²) in [5.41, 5.74) is 1.02. The Morgan fingerprint density at radius 1 is 1.24 bits per heavy atom. The zero-order valence-corrected chi connectivity index (χ0v) is 10.0. The van der Waals surface area contributed by atoms with Crippen LogP contribution in [0.15, 0.2) is 28.7 Å². The van der Waals surface area contributed by atoms with E-state index in [4.69, 9.17) is 20.8 Å². The Kier molecular flexibility index (Phi) is 3.77. The normalized spacial score (nSPS) is 10.9.